The summed E-state index contributed by atoms with van der Waals surface area (Å²) in [5.41, 5.74) is 1.51. The van der Waals surface area contributed by atoms with Crippen molar-refractivity contribution in [2.45, 2.75) is 38.6 Å². The van der Waals surface area contributed by atoms with Crippen LogP contribution in [0.1, 0.15) is 46.6 Å². The van der Waals surface area contributed by atoms with Gasteiger partial charge in [0.05, 0.1) is 24.1 Å². The Morgan fingerprint density at radius 3 is 2.74 bits per heavy atom. The number of rotatable bonds is 4. The maximum atomic E-state index is 12.6. The van der Waals surface area contributed by atoms with Crippen LogP contribution in [0.5, 0.6) is 0 Å². The van der Waals surface area contributed by atoms with Crippen molar-refractivity contribution in [1.29, 1.82) is 0 Å². The van der Waals surface area contributed by atoms with Crippen molar-refractivity contribution in [3.63, 3.8) is 0 Å². The Kier molecular flexibility index (Phi) is 5.54. The summed E-state index contributed by atoms with van der Waals surface area (Å²) in [4.78, 5) is 34.6. The van der Waals surface area contributed by atoms with Crippen molar-refractivity contribution in [3.8, 4) is 0 Å². The number of fused-ring (bicyclic) bond motifs is 1. The molecule has 2 aliphatic rings. The van der Waals surface area contributed by atoms with Crippen molar-refractivity contribution >= 4 is 28.3 Å². The van der Waals surface area contributed by atoms with Crippen LogP contribution in [0.25, 0.3) is 0 Å². The lowest BCUT2D eigenvalue weighted by atomic mass is 10.2. The van der Waals surface area contributed by atoms with Crippen LogP contribution in [0.4, 0.5) is 5.13 Å². The van der Waals surface area contributed by atoms with Gasteiger partial charge in [0.15, 0.2) is 5.13 Å². The van der Waals surface area contributed by atoms with Crippen LogP contribution < -0.4 is 5.32 Å². The summed E-state index contributed by atoms with van der Waals surface area (Å²) in [6, 6.07) is 1.62. The fourth-order valence-corrected chi connectivity index (χ4v) is 4.66. The fraction of sp³-hybridized carbons (Fsp3) is 0.526. The molecule has 8 heteroatoms. The van der Waals surface area contributed by atoms with E-state index in [2.05, 4.69) is 15.2 Å². The van der Waals surface area contributed by atoms with Crippen LogP contribution in [0.2, 0.25) is 0 Å². The third-order valence-corrected chi connectivity index (χ3v) is 6.13. The monoisotopic (exact) mass is 388 g/mol. The van der Waals surface area contributed by atoms with Crippen LogP contribution in [0, 0.1) is 0 Å². The van der Waals surface area contributed by atoms with Crippen molar-refractivity contribution in [2.75, 3.05) is 31.5 Å². The van der Waals surface area contributed by atoms with Crippen molar-refractivity contribution in [1.82, 2.24) is 14.8 Å². The molecule has 0 saturated carbocycles. The molecule has 1 saturated heterocycles. The van der Waals surface area contributed by atoms with Crippen LogP contribution in [-0.4, -0.2) is 52.8 Å². The fourth-order valence-electron chi connectivity index (χ4n) is 3.61. The first-order valence-corrected chi connectivity index (χ1v) is 10.3. The second kappa shape index (κ2) is 8.22. The molecule has 144 valence electrons. The van der Waals surface area contributed by atoms with E-state index in [4.69, 9.17) is 4.42 Å². The van der Waals surface area contributed by atoms with E-state index in [1.54, 1.807) is 6.07 Å². The second-order valence-corrected chi connectivity index (χ2v) is 8.19. The summed E-state index contributed by atoms with van der Waals surface area (Å²) in [6.07, 6.45) is 8.38. The molecule has 4 rings (SSSR count). The van der Waals surface area contributed by atoms with E-state index >= 15 is 0 Å². The van der Waals surface area contributed by atoms with Gasteiger partial charge in [0.1, 0.15) is 6.26 Å². The number of thiazole rings is 1. The lowest BCUT2D eigenvalue weighted by Crippen LogP contribution is -2.42. The minimum absolute atomic E-state index is 0.219. The number of carbonyl (C=O) groups excluding carboxylic acids is 2. The number of carbonyl (C=O) groups is 2. The highest BCUT2D eigenvalue weighted by Crippen LogP contribution is 2.28. The van der Waals surface area contributed by atoms with Gasteiger partial charge in [0, 0.05) is 37.5 Å². The maximum absolute atomic E-state index is 12.6. The van der Waals surface area contributed by atoms with Crippen molar-refractivity contribution in [3.05, 3.63) is 34.7 Å². The van der Waals surface area contributed by atoms with Gasteiger partial charge in [-0.05, 0) is 18.9 Å². The molecule has 0 spiro atoms. The van der Waals surface area contributed by atoms with Gasteiger partial charge in [0.25, 0.3) is 5.91 Å². The van der Waals surface area contributed by atoms with Crippen LogP contribution in [0.15, 0.2) is 23.0 Å². The number of anilines is 1. The highest BCUT2D eigenvalue weighted by molar-refractivity contribution is 7.15. The lowest BCUT2D eigenvalue weighted by molar-refractivity contribution is -0.132. The summed E-state index contributed by atoms with van der Waals surface area (Å²) in [5, 5.41) is 3.43. The first kappa shape index (κ1) is 18.2. The number of likely N-dealkylation sites (tertiary alicyclic amines) is 1. The van der Waals surface area contributed by atoms with Crippen LogP contribution in [-0.2, 0) is 17.8 Å². The van der Waals surface area contributed by atoms with Gasteiger partial charge in [-0.2, -0.15) is 0 Å². The summed E-state index contributed by atoms with van der Waals surface area (Å²) in [7, 11) is 0. The molecular formula is C19H24N4O3S. The first-order chi connectivity index (χ1) is 13.2. The molecule has 7 nitrogen and oxygen atoms in total. The van der Waals surface area contributed by atoms with E-state index in [-0.39, 0.29) is 11.8 Å². The minimum Gasteiger partial charge on any atom is -0.472 e. The maximum Gasteiger partial charge on any atom is 0.260 e. The van der Waals surface area contributed by atoms with Crippen LogP contribution >= 0.6 is 11.3 Å². The second-order valence-electron chi connectivity index (χ2n) is 7.11. The smallest absolute Gasteiger partial charge is 0.260 e. The number of furan rings is 1. The summed E-state index contributed by atoms with van der Waals surface area (Å²) in [5.74, 6) is 0.0152. The first-order valence-electron chi connectivity index (χ1n) is 9.51. The molecule has 4 heterocycles. The number of amides is 2. The molecule has 1 N–H and O–H groups in total. The van der Waals surface area contributed by atoms with Gasteiger partial charge >= 0.3 is 0 Å². The molecule has 0 bridgehead atoms. The highest BCUT2D eigenvalue weighted by atomic mass is 32.1. The third-order valence-electron chi connectivity index (χ3n) is 5.13. The molecule has 2 aromatic heterocycles. The highest BCUT2D eigenvalue weighted by Gasteiger charge is 2.25. The number of nitrogens with one attached hydrogen (secondary N) is 1. The van der Waals surface area contributed by atoms with Gasteiger partial charge < -0.3 is 9.32 Å². The summed E-state index contributed by atoms with van der Waals surface area (Å²) >= 11 is 1.49. The number of aromatic nitrogens is 1. The zero-order chi connectivity index (χ0) is 18.6. The Morgan fingerprint density at radius 1 is 1.19 bits per heavy atom. The summed E-state index contributed by atoms with van der Waals surface area (Å²) < 4.78 is 4.94. The Labute approximate surface area is 162 Å². The molecule has 0 radical (unpaired) electrons. The number of hydrogen-bond donors (Lipinski definition) is 1. The van der Waals surface area contributed by atoms with Crippen LogP contribution in [0.3, 0.4) is 0 Å². The van der Waals surface area contributed by atoms with E-state index < -0.39 is 0 Å². The molecule has 1 fully saturated rings. The number of nitrogens with zero attached hydrogens (tertiary/aromatic N) is 3. The Morgan fingerprint density at radius 2 is 2.00 bits per heavy atom. The Hall–Kier alpha value is -2.19. The standard InChI is InChI=1S/C19H24N4O3S/c24-17(23-7-3-1-2-4-8-23)12-22-9-5-15-16(11-22)27-19(20-15)21-18(25)14-6-10-26-13-14/h6,10,13H,1-5,7-9,11-12H2,(H,20,21,25). The van der Waals surface area contributed by atoms with E-state index in [1.807, 2.05) is 4.90 Å². The quantitative estimate of drug-likeness (QED) is 0.871. The molecule has 0 aromatic carbocycles. The number of hydrogen-bond acceptors (Lipinski definition) is 6. The SMILES string of the molecule is O=C(Nc1nc2c(s1)CN(CC(=O)N1CCCCCC1)CC2)c1ccoc1. The predicted molar refractivity (Wildman–Crippen MR) is 103 cm³/mol. The van der Waals surface area contributed by atoms with Gasteiger partial charge in [-0.1, -0.05) is 12.8 Å². The molecule has 27 heavy (non-hydrogen) atoms. The molecule has 0 aliphatic carbocycles. The average molecular weight is 388 g/mol. The zero-order valence-corrected chi connectivity index (χ0v) is 16.1. The topological polar surface area (TPSA) is 78.7 Å². The van der Waals surface area contributed by atoms with Gasteiger partial charge in [-0.25, -0.2) is 4.98 Å². The van der Waals surface area contributed by atoms with E-state index in [0.29, 0.717) is 23.8 Å². The lowest BCUT2D eigenvalue weighted by Gasteiger charge is -2.28. The van der Waals surface area contributed by atoms with E-state index in [0.717, 1.165) is 49.5 Å². The summed E-state index contributed by atoms with van der Waals surface area (Å²) in [6.45, 7) is 3.79. The molecule has 0 atom stereocenters. The van der Waals surface area contributed by atoms with Crippen molar-refractivity contribution < 1.29 is 14.0 Å². The minimum atomic E-state index is -0.219. The van der Waals surface area contributed by atoms with Gasteiger partial charge in [-0.3, -0.25) is 19.8 Å². The Bertz CT molecular complexity index is 794. The zero-order valence-electron chi connectivity index (χ0n) is 15.3. The van der Waals surface area contributed by atoms with Crippen molar-refractivity contribution in [2.24, 2.45) is 0 Å². The molecule has 2 amide bonds. The largest absolute Gasteiger partial charge is 0.472 e. The predicted octanol–water partition coefficient (Wildman–Crippen LogP) is 2.75. The van der Waals surface area contributed by atoms with E-state index in [9.17, 15) is 9.59 Å². The molecule has 2 aromatic rings. The van der Waals surface area contributed by atoms with E-state index in [1.165, 1.54) is 36.7 Å². The Balaban J connectivity index is 1.35. The molecule has 0 unspecified atom stereocenters. The average Bonchev–Trinajstić information content (AvgIpc) is 3.24. The molecule has 2 aliphatic heterocycles. The molecular weight excluding hydrogens is 364 g/mol. The third kappa shape index (κ3) is 4.39. The van der Waals surface area contributed by atoms with Gasteiger partial charge in [-0.15, -0.1) is 11.3 Å². The normalized spacial score (nSPS) is 18.0. The van der Waals surface area contributed by atoms with Gasteiger partial charge in [0.2, 0.25) is 5.91 Å².